The molecule has 8 heteroatoms. The van der Waals surface area contributed by atoms with Crippen molar-refractivity contribution in [3.63, 3.8) is 0 Å². The van der Waals surface area contributed by atoms with Crippen LogP contribution in [0.5, 0.6) is 0 Å². The molecule has 24 heavy (non-hydrogen) atoms. The van der Waals surface area contributed by atoms with Gasteiger partial charge in [0.1, 0.15) is 0 Å². The molecule has 0 fully saturated rings. The average Bonchev–Trinajstić information content (AvgIpc) is 3.21. The molecule has 3 aromatic rings. The number of hydrogen-bond acceptors (Lipinski definition) is 5. The lowest BCUT2D eigenvalue weighted by Gasteiger charge is -2.06. The van der Waals surface area contributed by atoms with Crippen molar-refractivity contribution in [2.45, 2.75) is 39.2 Å². The van der Waals surface area contributed by atoms with Gasteiger partial charge in [-0.15, -0.1) is 0 Å². The summed E-state index contributed by atoms with van der Waals surface area (Å²) in [6, 6.07) is 5.35. The maximum atomic E-state index is 12.3. The zero-order valence-corrected chi connectivity index (χ0v) is 14.4. The first-order valence-corrected chi connectivity index (χ1v) is 8.33. The lowest BCUT2D eigenvalue weighted by molar-refractivity contribution is 0.0946. The second-order valence-corrected chi connectivity index (χ2v) is 5.98. The third-order valence-corrected chi connectivity index (χ3v) is 4.37. The molecule has 3 aromatic heterocycles. The Morgan fingerprint density at radius 2 is 2.21 bits per heavy atom. The standard InChI is InChI=1S/C16H19N5O2S/c1-3-10(4-2)13-7-12(23-20-13)8-17-15(22)11-5-6-14-18-19-16(24)21(14)9-11/h5-7,9-10H,3-4,8H2,1-2H3,(H,17,22)(H,19,24). The van der Waals surface area contributed by atoms with Crippen molar-refractivity contribution in [2.24, 2.45) is 0 Å². The first kappa shape index (κ1) is 16.4. The van der Waals surface area contributed by atoms with Crippen LogP contribution in [0.25, 0.3) is 5.65 Å². The van der Waals surface area contributed by atoms with E-state index in [-0.39, 0.29) is 5.91 Å². The van der Waals surface area contributed by atoms with Gasteiger partial charge in [-0.3, -0.25) is 14.3 Å². The highest BCUT2D eigenvalue weighted by Gasteiger charge is 2.14. The normalized spacial score (nSPS) is 11.3. The van der Waals surface area contributed by atoms with Crippen molar-refractivity contribution >= 4 is 23.8 Å². The number of rotatable bonds is 6. The van der Waals surface area contributed by atoms with Crippen molar-refractivity contribution < 1.29 is 9.32 Å². The minimum absolute atomic E-state index is 0.208. The summed E-state index contributed by atoms with van der Waals surface area (Å²) in [6.45, 7) is 4.55. The Morgan fingerprint density at radius 3 is 2.96 bits per heavy atom. The largest absolute Gasteiger partial charge is 0.359 e. The van der Waals surface area contributed by atoms with Crippen LogP contribution in [0.3, 0.4) is 0 Å². The molecule has 2 N–H and O–H groups in total. The first-order valence-electron chi connectivity index (χ1n) is 7.92. The highest BCUT2D eigenvalue weighted by atomic mass is 32.1. The van der Waals surface area contributed by atoms with Crippen LogP contribution in [0.1, 0.15) is 54.4 Å². The topological polar surface area (TPSA) is 88.2 Å². The zero-order valence-electron chi connectivity index (χ0n) is 13.6. The molecule has 0 aromatic carbocycles. The molecule has 0 bridgehead atoms. The maximum absolute atomic E-state index is 12.3. The molecule has 1 amide bonds. The van der Waals surface area contributed by atoms with Crippen molar-refractivity contribution in [1.82, 2.24) is 25.1 Å². The van der Waals surface area contributed by atoms with Gasteiger partial charge in [0.15, 0.2) is 16.2 Å². The fourth-order valence-electron chi connectivity index (χ4n) is 2.62. The van der Waals surface area contributed by atoms with Gasteiger partial charge in [0.25, 0.3) is 5.91 Å². The summed E-state index contributed by atoms with van der Waals surface area (Å²) in [6.07, 6.45) is 3.69. The molecular weight excluding hydrogens is 326 g/mol. The minimum atomic E-state index is -0.208. The average molecular weight is 345 g/mol. The zero-order chi connectivity index (χ0) is 17.1. The van der Waals surface area contributed by atoms with Crippen LogP contribution in [0.4, 0.5) is 0 Å². The second kappa shape index (κ2) is 6.96. The van der Waals surface area contributed by atoms with Gasteiger partial charge in [0, 0.05) is 18.2 Å². The molecule has 0 aliphatic carbocycles. The van der Waals surface area contributed by atoms with Gasteiger partial charge in [-0.05, 0) is 37.2 Å². The van der Waals surface area contributed by atoms with E-state index in [9.17, 15) is 4.79 Å². The molecular formula is C16H19N5O2S. The smallest absolute Gasteiger partial charge is 0.253 e. The van der Waals surface area contributed by atoms with Crippen molar-refractivity contribution in [1.29, 1.82) is 0 Å². The van der Waals surface area contributed by atoms with Gasteiger partial charge in [0.05, 0.1) is 17.8 Å². The van der Waals surface area contributed by atoms with Crippen LogP contribution in [-0.4, -0.2) is 25.7 Å². The van der Waals surface area contributed by atoms with Crippen LogP contribution < -0.4 is 5.32 Å². The molecule has 3 heterocycles. The summed E-state index contributed by atoms with van der Waals surface area (Å²) in [5.74, 6) is 0.829. The Labute approximate surface area is 144 Å². The Balaban J connectivity index is 1.68. The number of nitrogens with one attached hydrogen (secondary N) is 2. The number of H-pyrrole nitrogens is 1. The van der Waals surface area contributed by atoms with Gasteiger partial charge in [-0.25, -0.2) is 0 Å². The monoisotopic (exact) mass is 345 g/mol. The number of hydrogen-bond donors (Lipinski definition) is 2. The summed E-state index contributed by atoms with van der Waals surface area (Å²) in [5.41, 5.74) is 2.11. The van der Waals surface area contributed by atoms with Gasteiger partial charge in [-0.1, -0.05) is 19.0 Å². The Hall–Kier alpha value is -2.48. The molecule has 0 atom stereocenters. The molecule has 7 nitrogen and oxygen atoms in total. The number of aromatic nitrogens is 4. The van der Waals surface area contributed by atoms with E-state index in [1.165, 1.54) is 0 Å². The van der Waals surface area contributed by atoms with Crippen molar-refractivity contribution in [2.75, 3.05) is 0 Å². The van der Waals surface area contributed by atoms with Crippen molar-refractivity contribution in [3.8, 4) is 0 Å². The van der Waals surface area contributed by atoms with Gasteiger partial charge in [-0.2, -0.15) is 5.10 Å². The van der Waals surface area contributed by atoms with E-state index in [1.807, 2.05) is 6.07 Å². The fraction of sp³-hybridized carbons (Fsp3) is 0.375. The van der Waals surface area contributed by atoms with Crippen molar-refractivity contribution in [3.05, 3.63) is 46.2 Å². The van der Waals surface area contributed by atoms with Gasteiger partial charge >= 0.3 is 0 Å². The maximum Gasteiger partial charge on any atom is 0.253 e. The van der Waals surface area contributed by atoms with E-state index < -0.39 is 0 Å². The van der Waals surface area contributed by atoms with Gasteiger partial charge in [0.2, 0.25) is 0 Å². The molecule has 0 saturated carbocycles. The summed E-state index contributed by atoms with van der Waals surface area (Å²) in [4.78, 5) is 12.3. The number of fused-ring (bicyclic) bond motifs is 1. The molecule has 0 aliphatic rings. The summed E-state index contributed by atoms with van der Waals surface area (Å²) < 4.78 is 7.42. The predicted octanol–water partition coefficient (Wildman–Crippen LogP) is 3.21. The number of nitrogens with zero attached hydrogens (tertiary/aromatic N) is 3. The number of carbonyl (C=O) groups is 1. The van der Waals surface area contributed by atoms with E-state index in [2.05, 4.69) is 34.5 Å². The third-order valence-electron chi connectivity index (χ3n) is 4.08. The van der Waals surface area contributed by atoms with Crippen LogP contribution in [0, 0.1) is 4.77 Å². The molecule has 0 saturated heterocycles. The van der Waals surface area contributed by atoms with E-state index in [1.54, 1.807) is 22.7 Å². The van der Waals surface area contributed by atoms with E-state index >= 15 is 0 Å². The molecule has 0 aliphatic heterocycles. The van der Waals surface area contributed by atoms with Crippen LogP contribution in [-0.2, 0) is 6.54 Å². The first-order chi connectivity index (χ1) is 11.6. The minimum Gasteiger partial charge on any atom is -0.359 e. The van der Waals surface area contributed by atoms with E-state index in [0.29, 0.717) is 34.2 Å². The molecule has 0 spiro atoms. The number of amides is 1. The lowest BCUT2D eigenvalue weighted by Crippen LogP contribution is -2.22. The predicted molar refractivity (Wildman–Crippen MR) is 91.4 cm³/mol. The third kappa shape index (κ3) is 3.23. The summed E-state index contributed by atoms with van der Waals surface area (Å²) in [5, 5.41) is 13.7. The molecule has 0 radical (unpaired) electrons. The number of carbonyl (C=O) groups excluding carboxylic acids is 1. The highest BCUT2D eigenvalue weighted by Crippen LogP contribution is 2.22. The highest BCUT2D eigenvalue weighted by molar-refractivity contribution is 7.71. The lowest BCUT2D eigenvalue weighted by atomic mass is 9.99. The van der Waals surface area contributed by atoms with Crippen LogP contribution >= 0.6 is 12.2 Å². The Morgan fingerprint density at radius 1 is 1.42 bits per heavy atom. The Kier molecular flexibility index (Phi) is 4.75. The van der Waals surface area contributed by atoms with E-state index in [0.717, 1.165) is 18.5 Å². The number of aromatic amines is 1. The van der Waals surface area contributed by atoms with Crippen LogP contribution in [0.2, 0.25) is 0 Å². The SMILES string of the molecule is CCC(CC)c1cc(CNC(=O)c2ccc3n[nH]c(=S)n3c2)on1. The second-order valence-electron chi connectivity index (χ2n) is 5.59. The molecule has 0 unspecified atom stereocenters. The quantitative estimate of drug-likeness (QED) is 0.670. The fourth-order valence-corrected chi connectivity index (χ4v) is 2.81. The van der Waals surface area contributed by atoms with Gasteiger partial charge < -0.3 is 9.84 Å². The number of pyridine rings is 1. The van der Waals surface area contributed by atoms with Crippen LogP contribution in [0.15, 0.2) is 28.9 Å². The molecule has 3 rings (SSSR count). The molecule has 126 valence electrons. The summed E-state index contributed by atoms with van der Waals surface area (Å²) in [7, 11) is 0. The Bertz CT molecular complexity index is 906. The van der Waals surface area contributed by atoms with E-state index in [4.69, 9.17) is 16.7 Å². The summed E-state index contributed by atoms with van der Waals surface area (Å²) >= 11 is 5.11.